The minimum absolute atomic E-state index is 0.0401. The van der Waals surface area contributed by atoms with Crippen LogP contribution >= 0.6 is 0 Å². The van der Waals surface area contributed by atoms with Gasteiger partial charge in [0.15, 0.2) is 5.76 Å². The Kier molecular flexibility index (Phi) is 2.57. The summed E-state index contributed by atoms with van der Waals surface area (Å²) < 4.78 is 5.41. The van der Waals surface area contributed by atoms with E-state index in [2.05, 4.69) is 0 Å². The van der Waals surface area contributed by atoms with Gasteiger partial charge in [-0.2, -0.15) is 5.26 Å². The second-order valence-electron chi connectivity index (χ2n) is 4.49. The Labute approximate surface area is 109 Å². The van der Waals surface area contributed by atoms with Crippen LogP contribution in [0.4, 0.5) is 0 Å². The van der Waals surface area contributed by atoms with E-state index in [1.807, 2.05) is 6.07 Å². The molecule has 2 amide bonds. The molecule has 1 aromatic carbocycles. The number of rotatable bonds is 3. The molecule has 1 aromatic rings. The summed E-state index contributed by atoms with van der Waals surface area (Å²) in [5.41, 5.74) is 0.509. The number of hydrogen-bond acceptors (Lipinski definition) is 4. The van der Waals surface area contributed by atoms with Gasteiger partial charge in [0, 0.05) is 6.04 Å². The van der Waals surface area contributed by atoms with Crippen molar-refractivity contribution in [1.29, 1.82) is 5.26 Å². The number of benzene rings is 1. The van der Waals surface area contributed by atoms with E-state index in [1.165, 1.54) is 11.0 Å². The summed E-state index contributed by atoms with van der Waals surface area (Å²) in [6, 6.07) is 8.41. The van der Waals surface area contributed by atoms with E-state index in [4.69, 9.17) is 10.00 Å². The highest BCUT2D eigenvalue weighted by Crippen LogP contribution is 2.31. The third-order valence-electron chi connectivity index (χ3n) is 3.04. The number of carbonyl (C=O) groups excluding carboxylic acids is 2. The standard InChI is InChI=1S/C14H10N2O3/c15-8-9-1-5-11(6-2-9)19-12-7-13(17)16(14(12)18)10-3-4-10/h1-2,5-7,10H,3-4H2. The Bertz CT molecular complexity index is 621. The average Bonchev–Trinajstić information content (AvgIpc) is 3.19. The van der Waals surface area contributed by atoms with Crippen molar-refractivity contribution in [3.63, 3.8) is 0 Å². The Morgan fingerprint density at radius 2 is 1.89 bits per heavy atom. The van der Waals surface area contributed by atoms with Gasteiger partial charge in [0.25, 0.3) is 11.8 Å². The van der Waals surface area contributed by atoms with E-state index in [1.54, 1.807) is 24.3 Å². The molecule has 1 fully saturated rings. The summed E-state index contributed by atoms with van der Waals surface area (Å²) in [5, 5.41) is 8.68. The van der Waals surface area contributed by atoms with Crippen LogP contribution in [0.15, 0.2) is 36.1 Å². The summed E-state index contributed by atoms with van der Waals surface area (Å²) in [4.78, 5) is 24.9. The fourth-order valence-corrected chi connectivity index (χ4v) is 1.94. The quantitative estimate of drug-likeness (QED) is 0.763. The maximum absolute atomic E-state index is 12.0. The molecule has 94 valence electrons. The predicted octanol–water partition coefficient (Wildman–Crippen LogP) is 1.35. The number of hydrogen-bond donors (Lipinski definition) is 0. The van der Waals surface area contributed by atoms with Crippen molar-refractivity contribution in [2.24, 2.45) is 0 Å². The topological polar surface area (TPSA) is 70.4 Å². The van der Waals surface area contributed by atoms with Gasteiger partial charge in [-0.15, -0.1) is 0 Å². The zero-order valence-electron chi connectivity index (χ0n) is 10.00. The number of imide groups is 1. The van der Waals surface area contributed by atoms with Crippen LogP contribution in [0.1, 0.15) is 18.4 Å². The van der Waals surface area contributed by atoms with E-state index in [9.17, 15) is 9.59 Å². The highest BCUT2D eigenvalue weighted by molar-refractivity contribution is 6.15. The maximum atomic E-state index is 12.0. The Morgan fingerprint density at radius 1 is 1.21 bits per heavy atom. The summed E-state index contributed by atoms with van der Waals surface area (Å²) >= 11 is 0. The molecule has 0 aromatic heterocycles. The molecule has 19 heavy (non-hydrogen) atoms. The Balaban J connectivity index is 1.76. The van der Waals surface area contributed by atoms with Crippen molar-refractivity contribution in [3.8, 4) is 11.8 Å². The van der Waals surface area contributed by atoms with Crippen molar-refractivity contribution in [3.05, 3.63) is 41.7 Å². The van der Waals surface area contributed by atoms with Crippen molar-refractivity contribution in [1.82, 2.24) is 4.90 Å². The van der Waals surface area contributed by atoms with Crippen LogP contribution in [-0.2, 0) is 9.59 Å². The Hall–Kier alpha value is -2.61. The minimum Gasteiger partial charge on any atom is -0.451 e. The molecule has 1 heterocycles. The number of amides is 2. The average molecular weight is 254 g/mol. The first-order chi connectivity index (χ1) is 9.19. The van der Waals surface area contributed by atoms with E-state index in [0.29, 0.717) is 11.3 Å². The first-order valence-corrected chi connectivity index (χ1v) is 5.96. The second kappa shape index (κ2) is 4.25. The van der Waals surface area contributed by atoms with Gasteiger partial charge in [0.2, 0.25) is 0 Å². The largest absolute Gasteiger partial charge is 0.451 e. The van der Waals surface area contributed by atoms with Crippen LogP contribution in [-0.4, -0.2) is 22.8 Å². The zero-order chi connectivity index (χ0) is 13.4. The smallest absolute Gasteiger partial charge is 0.296 e. The molecule has 1 saturated carbocycles. The zero-order valence-corrected chi connectivity index (χ0v) is 10.00. The first-order valence-electron chi connectivity index (χ1n) is 5.96. The molecule has 5 nitrogen and oxygen atoms in total. The van der Waals surface area contributed by atoms with Crippen LogP contribution in [0.5, 0.6) is 5.75 Å². The summed E-state index contributed by atoms with van der Waals surface area (Å²) in [6.07, 6.45) is 2.96. The van der Waals surface area contributed by atoms with E-state index >= 15 is 0 Å². The molecule has 5 heteroatoms. The van der Waals surface area contributed by atoms with Crippen LogP contribution in [0.3, 0.4) is 0 Å². The van der Waals surface area contributed by atoms with Gasteiger partial charge < -0.3 is 4.74 Å². The molecule has 3 rings (SSSR count). The van der Waals surface area contributed by atoms with Crippen LogP contribution in [0, 0.1) is 11.3 Å². The van der Waals surface area contributed by atoms with Gasteiger partial charge in [0.05, 0.1) is 17.7 Å². The van der Waals surface area contributed by atoms with E-state index in [-0.39, 0.29) is 23.6 Å². The maximum Gasteiger partial charge on any atom is 0.296 e. The van der Waals surface area contributed by atoms with Crippen LogP contribution in [0.2, 0.25) is 0 Å². The molecule has 0 radical (unpaired) electrons. The van der Waals surface area contributed by atoms with Gasteiger partial charge in [-0.05, 0) is 37.1 Å². The number of nitrogens with zero attached hydrogens (tertiary/aromatic N) is 2. The van der Waals surface area contributed by atoms with Gasteiger partial charge in [0.1, 0.15) is 5.75 Å². The first kappa shape index (κ1) is 11.5. The molecule has 1 aliphatic carbocycles. The third-order valence-corrected chi connectivity index (χ3v) is 3.04. The number of nitriles is 1. The minimum atomic E-state index is -0.378. The van der Waals surface area contributed by atoms with Crippen LogP contribution < -0.4 is 4.74 Å². The van der Waals surface area contributed by atoms with E-state index < -0.39 is 0 Å². The normalized spacial score (nSPS) is 18.3. The lowest BCUT2D eigenvalue weighted by atomic mass is 10.2. The summed E-state index contributed by atoms with van der Waals surface area (Å²) in [5.74, 6) is -0.210. The van der Waals surface area contributed by atoms with Gasteiger partial charge in [-0.25, -0.2) is 0 Å². The van der Waals surface area contributed by atoms with Crippen molar-refractivity contribution in [2.45, 2.75) is 18.9 Å². The molecule has 0 saturated heterocycles. The summed E-state index contributed by atoms with van der Waals surface area (Å²) in [7, 11) is 0. The van der Waals surface area contributed by atoms with Crippen molar-refractivity contribution in [2.75, 3.05) is 0 Å². The molecular weight excluding hydrogens is 244 g/mol. The second-order valence-corrected chi connectivity index (χ2v) is 4.49. The van der Waals surface area contributed by atoms with Gasteiger partial charge in [-0.3, -0.25) is 14.5 Å². The lowest BCUT2D eigenvalue weighted by Gasteiger charge is -2.13. The molecular formula is C14H10N2O3. The highest BCUT2D eigenvalue weighted by Gasteiger charge is 2.42. The SMILES string of the molecule is N#Cc1ccc(OC2=CC(=O)N(C3CC3)C2=O)cc1. The van der Waals surface area contributed by atoms with Crippen molar-refractivity contribution < 1.29 is 14.3 Å². The van der Waals surface area contributed by atoms with Gasteiger partial charge in [-0.1, -0.05) is 0 Å². The monoisotopic (exact) mass is 254 g/mol. The molecule has 0 unspecified atom stereocenters. The fourth-order valence-electron chi connectivity index (χ4n) is 1.94. The number of ether oxygens (including phenoxy) is 1. The van der Waals surface area contributed by atoms with Crippen molar-refractivity contribution >= 4 is 11.8 Å². The molecule has 0 bridgehead atoms. The lowest BCUT2D eigenvalue weighted by Crippen LogP contribution is -2.33. The molecule has 0 spiro atoms. The molecule has 0 N–H and O–H groups in total. The molecule has 0 atom stereocenters. The lowest BCUT2D eigenvalue weighted by molar-refractivity contribution is -0.138. The fraction of sp³-hybridized carbons (Fsp3) is 0.214. The van der Waals surface area contributed by atoms with Gasteiger partial charge >= 0.3 is 0 Å². The molecule has 1 aliphatic heterocycles. The highest BCUT2D eigenvalue weighted by atomic mass is 16.5. The van der Waals surface area contributed by atoms with E-state index in [0.717, 1.165) is 12.8 Å². The number of carbonyl (C=O) groups is 2. The molecule has 2 aliphatic rings. The third kappa shape index (κ3) is 2.08. The summed E-state index contributed by atoms with van der Waals surface area (Å²) in [6.45, 7) is 0. The van der Waals surface area contributed by atoms with Crippen LogP contribution in [0.25, 0.3) is 0 Å². The Morgan fingerprint density at radius 3 is 2.47 bits per heavy atom. The predicted molar refractivity (Wildman–Crippen MR) is 64.7 cm³/mol.